The second kappa shape index (κ2) is 5.62. The minimum absolute atomic E-state index is 0.290. The van der Waals surface area contributed by atoms with Gasteiger partial charge >= 0.3 is 11.7 Å². The van der Waals surface area contributed by atoms with Gasteiger partial charge in [0.05, 0.1) is 6.54 Å². The van der Waals surface area contributed by atoms with Gasteiger partial charge in [-0.05, 0) is 30.7 Å². The number of carbonyl (C=O) groups is 1. The molecule has 0 spiro atoms. The average Bonchev–Trinajstić information content (AvgIpc) is 2.79. The number of carboxylic acids is 1. The van der Waals surface area contributed by atoms with E-state index in [-0.39, 0.29) is 5.69 Å². The molecule has 2 heterocycles. The fourth-order valence-corrected chi connectivity index (χ4v) is 2.48. The fourth-order valence-electron chi connectivity index (χ4n) is 1.57. The van der Waals surface area contributed by atoms with Crippen LogP contribution in [0.1, 0.15) is 15.3 Å². The SMILES string of the molecule is Cc1cnc(=O)n(Cc2ccc(C=CC(=O)O)s2)c1. The van der Waals surface area contributed by atoms with Crippen molar-refractivity contribution in [2.45, 2.75) is 13.5 Å². The topological polar surface area (TPSA) is 72.2 Å². The molecule has 0 aliphatic rings. The number of thiophene rings is 1. The number of aliphatic carboxylic acids is 1. The predicted molar refractivity (Wildman–Crippen MR) is 73.3 cm³/mol. The molecule has 1 N–H and O–H groups in total. The molecule has 2 aromatic rings. The predicted octanol–water partition coefficient (Wildman–Crippen LogP) is 1.76. The number of aryl methyl sites for hydroxylation is 1. The van der Waals surface area contributed by atoms with E-state index in [1.165, 1.54) is 28.2 Å². The van der Waals surface area contributed by atoms with Crippen LogP contribution < -0.4 is 5.69 Å². The summed E-state index contributed by atoms with van der Waals surface area (Å²) in [6.07, 6.45) is 5.92. The van der Waals surface area contributed by atoms with Crippen molar-refractivity contribution in [3.05, 3.63) is 56.4 Å². The van der Waals surface area contributed by atoms with E-state index in [9.17, 15) is 9.59 Å². The monoisotopic (exact) mass is 276 g/mol. The lowest BCUT2D eigenvalue weighted by atomic mass is 10.3. The summed E-state index contributed by atoms with van der Waals surface area (Å²) in [4.78, 5) is 27.6. The van der Waals surface area contributed by atoms with Gasteiger partial charge in [-0.15, -0.1) is 11.3 Å². The van der Waals surface area contributed by atoms with Crippen LogP contribution in [0.25, 0.3) is 6.08 Å². The molecule has 2 aromatic heterocycles. The zero-order chi connectivity index (χ0) is 13.8. The molecule has 0 fully saturated rings. The fraction of sp³-hybridized carbons (Fsp3) is 0.154. The summed E-state index contributed by atoms with van der Waals surface area (Å²) < 4.78 is 1.53. The smallest absolute Gasteiger partial charge is 0.347 e. The summed E-state index contributed by atoms with van der Waals surface area (Å²) in [6.45, 7) is 2.32. The molecule has 0 saturated carbocycles. The Morgan fingerprint density at radius 1 is 1.53 bits per heavy atom. The number of carboxylic acid groups (broad SMARTS) is 1. The van der Waals surface area contributed by atoms with Crippen LogP contribution in [-0.4, -0.2) is 20.6 Å². The Balaban J connectivity index is 2.18. The molecule has 0 unspecified atom stereocenters. The quantitative estimate of drug-likeness (QED) is 0.864. The van der Waals surface area contributed by atoms with E-state index in [0.717, 1.165) is 21.4 Å². The van der Waals surface area contributed by atoms with E-state index in [0.29, 0.717) is 6.54 Å². The number of aromatic nitrogens is 2. The van der Waals surface area contributed by atoms with Crippen molar-refractivity contribution >= 4 is 23.4 Å². The minimum Gasteiger partial charge on any atom is -0.478 e. The Labute approximate surface area is 113 Å². The van der Waals surface area contributed by atoms with E-state index in [1.54, 1.807) is 6.20 Å². The molecule has 19 heavy (non-hydrogen) atoms. The lowest BCUT2D eigenvalue weighted by molar-refractivity contribution is -0.131. The first-order valence-electron chi connectivity index (χ1n) is 5.57. The summed E-state index contributed by atoms with van der Waals surface area (Å²) in [7, 11) is 0. The van der Waals surface area contributed by atoms with E-state index in [4.69, 9.17) is 5.11 Å². The molecule has 0 aliphatic heterocycles. The molecule has 6 heteroatoms. The largest absolute Gasteiger partial charge is 0.478 e. The second-order valence-corrected chi connectivity index (χ2v) is 5.22. The highest BCUT2D eigenvalue weighted by molar-refractivity contribution is 7.12. The Kier molecular flexibility index (Phi) is 3.91. The summed E-state index contributed by atoms with van der Waals surface area (Å²) >= 11 is 1.45. The third-order valence-electron chi connectivity index (χ3n) is 2.38. The summed E-state index contributed by atoms with van der Waals surface area (Å²) in [5, 5.41) is 8.55. The van der Waals surface area contributed by atoms with E-state index in [2.05, 4.69) is 4.98 Å². The summed E-state index contributed by atoms with van der Waals surface area (Å²) in [6, 6.07) is 3.70. The zero-order valence-electron chi connectivity index (χ0n) is 10.2. The van der Waals surface area contributed by atoms with Crippen LogP contribution in [-0.2, 0) is 11.3 Å². The van der Waals surface area contributed by atoms with Gasteiger partial charge in [0.15, 0.2) is 0 Å². The van der Waals surface area contributed by atoms with Crippen molar-refractivity contribution in [2.24, 2.45) is 0 Å². The third-order valence-corrected chi connectivity index (χ3v) is 3.42. The number of hydrogen-bond donors (Lipinski definition) is 1. The maximum atomic E-state index is 11.6. The van der Waals surface area contributed by atoms with Crippen molar-refractivity contribution in [2.75, 3.05) is 0 Å². The highest BCUT2D eigenvalue weighted by atomic mass is 32.1. The summed E-state index contributed by atoms with van der Waals surface area (Å²) in [5.74, 6) is -0.978. The van der Waals surface area contributed by atoms with Gasteiger partial charge in [0.25, 0.3) is 0 Å². The lowest BCUT2D eigenvalue weighted by Gasteiger charge is -2.03. The zero-order valence-corrected chi connectivity index (χ0v) is 11.1. The van der Waals surface area contributed by atoms with Crippen molar-refractivity contribution in [3.63, 3.8) is 0 Å². The Bertz CT molecular complexity index is 685. The van der Waals surface area contributed by atoms with E-state index < -0.39 is 5.97 Å². The third kappa shape index (κ3) is 3.62. The van der Waals surface area contributed by atoms with Crippen LogP contribution in [0.2, 0.25) is 0 Å². The molecular weight excluding hydrogens is 264 g/mol. The molecule has 0 saturated heterocycles. The van der Waals surface area contributed by atoms with Crippen LogP contribution >= 0.6 is 11.3 Å². The standard InChI is InChI=1S/C13H12N2O3S/c1-9-6-14-13(18)15(7-9)8-11-3-2-10(19-11)4-5-12(16)17/h2-7H,8H2,1H3,(H,16,17). The van der Waals surface area contributed by atoms with Crippen LogP contribution in [0.15, 0.2) is 35.4 Å². The van der Waals surface area contributed by atoms with E-state index in [1.807, 2.05) is 19.1 Å². The van der Waals surface area contributed by atoms with Crippen LogP contribution in [0.5, 0.6) is 0 Å². The van der Waals surface area contributed by atoms with Gasteiger partial charge in [-0.3, -0.25) is 4.57 Å². The maximum absolute atomic E-state index is 11.6. The van der Waals surface area contributed by atoms with Crippen molar-refractivity contribution in [1.82, 2.24) is 9.55 Å². The minimum atomic E-state index is -0.978. The molecular formula is C13H12N2O3S. The van der Waals surface area contributed by atoms with Gasteiger partial charge in [0.1, 0.15) is 0 Å². The van der Waals surface area contributed by atoms with Crippen LogP contribution in [0.3, 0.4) is 0 Å². The van der Waals surface area contributed by atoms with Gasteiger partial charge in [0, 0.05) is 28.2 Å². The Morgan fingerprint density at radius 2 is 2.32 bits per heavy atom. The summed E-state index contributed by atoms with van der Waals surface area (Å²) in [5.41, 5.74) is 0.629. The highest BCUT2D eigenvalue weighted by Crippen LogP contribution is 2.18. The van der Waals surface area contributed by atoms with Crippen molar-refractivity contribution < 1.29 is 9.90 Å². The molecule has 0 radical (unpaired) electrons. The maximum Gasteiger partial charge on any atom is 0.347 e. The van der Waals surface area contributed by atoms with Crippen molar-refractivity contribution in [3.8, 4) is 0 Å². The van der Waals surface area contributed by atoms with Gasteiger partial charge in [-0.1, -0.05) is 0 Å². The number of nitrogens with zero attached hydrogens (tertiary/aromatic N) is 2. The van der Waals surface area contributed by atoms with Crippen molar-refractivity contribution in [1.29, 1.82) is 0 Å². The van der Waals surface area contributed by atoms with Crippen LogP contribution in [0, 0.1) is 6.92 Å². The van der Waals surface area contributed by atoms with Crippen LogP contribution in [0.4, 0.5) is 0 Å². The van der Waals surface area contributed by atoms with Gasteiger partial charge < -0.3 is 5.11 Å². The second-order valence-electron chi connectivity index (χ2n) is 4.02. The molecule has 0 aliphatic carbocycles. The average molecular weight is 276 g/mol. The number of rotatable bonds is 4. The van der Waals surface area contributed by atoms with Gasteiger partial charge in [-0.2, -0.15) is 0 Å². The molecule has 98 valence electrons. The first-order chi connectivity index (χ1) is 9.04. The van der Waals surface area contributed by atoms with Gasteiger partial charge in [0.2, 0.25) is 0 Å². The molecule has 0 aromatic carbocycles. The Morgan fingerprint density at radius 3 is 3.05 bits per heavy atom. The van der Waals surface area contributed by atoms with Gasteiger partial charge in [-0.25, -0.2) is 14.6 Å². The van der Waals surface area contributed by atoms with E-state index >= 15 is 0 Å². The molecule has 0 atom stereocenters. The highest BCUT2D eigenvalue weighted by Gasteiger charge is 2.02. The first-order valence-corrected chi connectivity index (χ1v) is 6.39. The molecule has 5 nitrogen and oxygen atoms in total. The number of hydrogen-bond acceptors (Lipinski definition) is 4. The molecule has 0 bridgehead atoms. The molecule has 2 rings (SSSR count). The normalized spacial score (nSPS) is 11.0. The lowest BCUT2D eigenvalue weighted by Crippen LogP contribution is -2.22. The molecule has 0 amide bonds. The first kappa shape index (κ1) is 13.2. The Hall–Kier alpha value is -2.21.